The number of carbonyl (C=O) groups excluding carboxylic acids is 2. The lowest BCUT2D eigenvalue weighted by molar-refractivity contribution is -0.108. The quantitative estimate of drug-likeness (QED) is 0.370. The highest BCUT2D eigenvalue weighted by Gasteiger charge is 1.91. The molecule has 0 radical (unpaired) electrons. The largest absolute Gasteiger partial charge is 0.381 e. The average Bonchev–Trinajstić information content (AvgIpc) is 2.26. The Kier molecular flexibility index (Phi) is 12.7. The number of ether oxygens (including phenoxy) is 1. The van der Waals surface area contributed by atoms with E-state index >= 15 is 0 Å². The molecule has 0 aliphatic rings. The van der Waals surface area contributed by atoms with Crippen molar-refractivity contribution in [2.45, 2.75) is 51.4 Å². The van der Waals surface area contributed by atoms with Crippen LogP contribution in [0.25, 0.3) is 0 Å². The Balaban J connectivity index is 2.86. The fourth-order valence-corrected chi connectivity index (χ4v) is 1.32. The van der Waals surface area contributed by atoms with E-state index in [1.165, 1.54) is 0 Å². The van der Waals surface area contributed by atoms with Gasteiger partial charge in [0.05, 0.1) is 0 Å². The van der Waals surface area contributed by atoms with Crippen molar-refractivity contribution < 1.29 is 14.3 Å². The number of carbonyl (C=O) groups is 2. The zero-order valence-corrected chi connectivity index (χ0v) is 9.45. The Bertz CT molecular complexity index is 130. The lowest BCUT2D eigenvalue weighted by Crippen LogP contribution is -1.97. The molecule has 0 bridgehead atoms. The normalized spacial score (nSPS) is 10.1. The molecular formula is C12H22O3. The molecule has 0 fully saturated rings. The van der Waals surface area contributed by atoms with Gasteiger partial charge in [-0.15, -0.1) is 0 Å². The Morgan fingerprint density at radius 2 is 1.13 bits per heavy atom. The third-order valence-electron chi connectivity index (χ3n) is 2.22. The highest BCUT2D eigenvalue weighted by Crippen LogP contribution is 2.01. The Hall–Kier alpha value is -0.700. The summed E-state index contributed by atoms with van der Waals surface area (Å²) in [5.74, 6) is 0. The smallest absolute Gasteiger partial charge is 0.119 e. The van der Waals surface area contributed by atoms with Gasteiger partial charge in [-0.1, -0.05) is 12.8 Å². The second-order valence-corrected chi connectivity index (χ2v) is 3.64. The fraction of sp³-hybridized carbons (Fsp3) is 0.833. The van der Waals surface area contributed by atoms with E-state index in [1.807, 2.05) is 0 Å². The first kappa shape index (κ1) is 14.3. The van der Waals surface area contributed by atoms with Gasteiger partial charge in [-0.05, 0) is 25.7 Å². The first-order chi connectivity index (χ1) is 7.41. The minimum Gasteiger partial charge on any atom is -0.381 e. The highest BCUT2D eigenvalue weighted by atomic mass is 16.5. The van der Waals surface area contributed by atoms with Crippen LogP contribution in [0.1, 0.15) is 51.4 Å². The van der Waals surface area contributed by atoms with E-state index in [4.69, 9.17) is 4.74 Å². The molecule has 0 amide bonds. The molecule has 3 heteroatoms. The zero-order chi connectivity index (χ0) is 11.2. The molecule has 0 aliphatic heterocycles. The SMILES string of the molecule is O=CCCCCCOCCCCCC=O. The number of rotatable bonds is 12. The Morgan fingerprint density at radius 3 is 1.53 bits per heavy atom. The van der Waals surface area contributed by atoms with Gasteiger partial charge in [0.1, 0.15) is 12.6 Å². The summed E-state index contributed by atoms with van der Waals surface area (Å²) in [5.41, 5.74) is 0. The van der Waals surface area contributed by atoms with Crippen LogP contribution in [0.5, 0.6) is 0 Å². The summed E-state index contributed by atoms with van der Waals surface area (Å²) in [6.45, 7) is 1.60. The molecule has 0 rings (SSSR count). The number of hydrogen-bond acceptors (Lipinski definition) is 3. The number of hydrogen-bond donors (Lipinski definition) is 0. The molecule has 0 saturated heterocycles. The van der Waals surface area contributed by atoms with E-state index in [-0.39, 0.29) is 0 Å². The predicted molar refractivity (Wildman–Crippen MR) is 59.9 cm³/mol. The van der Waals surface area contributed by atoms with Crippen LogP contribution in [0.15, 0.2) is 0 Å². The molecule has 88 valence electrons. The molecule has 0 unspecified atom stereocenters. The summed E-state index contributed by atoms with van der Waals surface area (Å²) in [6.07, 6.45) is 9.47. The number of unbranched alkanes of at least 4 members (excludes halogenated alkanes) is 6. The summed E-state index contributed by atoms with van der Waals surface area (Å²) in [5, 5.41) is 0. The van der Waals surface area contributed by atoms with E-state index in [2.05, 4.69) is 0 Å². The maximum absolute atomic E-state index is 10.0. The van der Waals surface area contributed by atoms with Crippen LogP contribution in [0.3, 0.4) is 0 Å². The third-order valence-corrected chi connectivity index (χ3v) is 2.22. The molecule has 0 aromatic heterocycles. The van der Waals surface area contributed by atoms with Gasteiger partial charge in [-0.25, -0.2) is 0 Å². The average molecular weight is 214 g/mol. The van der Waals surface area contributed by atoms with E-state index < -0.39 is 0 Å². The summed E-state index contributed by atoms with van der Waals surface area (Å²) in [4.78, 5) is 20.0. The lowest BCUT2D eigenvalue weighted by atomic mass is 10.2. The number of aldehydes is 2. The van der Waals surface area contributed by atoms with Gasteiger partial charge in [-0.2, -0.15) is 0 Å². The standard InChI is InChI=1S/C12H22O3/c13-9-5-1-3-7-11-15-12-8-4-2-6-10-14/h9-10H,1-8,11-12H2. The first-order valence-electron chi connectivity index (χ1n) is 5.87. The summed E-state index contributed by atoms with van der Waals surface area (Å²) < 4.78 is 5.42. The van der Waals surface area contributed by atoms with Crippen LogP contribution in [0.2, 0.25) is 0 Å². The van der Waals surface area contributed by atoms with Crippen molar-refractivity contribution in [3.05, 3.63) is 0 Å². The summed E-state index contributed by atoms with van der Waals surface area (Å²) in [6, 6.07) is 0. The van der Waals surface area contributed by atoms with Crippen molar-refractivity contribution in [3.8, 4) is 0 Å². The van der Waals surface area contributed by atoms with Crippen molar-refractivity contribution in [1.29, 1.82) is 0 Å². The molecule has 0 aliphatic carbocycles. The van der Waals surface area contributed by atoms with Gasteiger partial charge in [0, 0.05) is 26.1 Å². The molecule has 0 spiro atoms. The monoisotopic (exact) mass is 214 g/mol. The van der Waals surface area contributed by atoms with Crippen molar-refractivity contribution in [2.24, 2.45) is 0 Å². The van der Waals surface area contributed by atoms with Crippen LogP contribution in [0, 0.1) is 0 Å². The van der Waals surface area contributed by atoms with Crippen molar-refractivity contribution in [2.75, 3.05) is 13.2 Å². The topological polar surface area (TPSA) is 43.4 Å². The molecule has 0 saturated carbocycles. The Morgan fingerprint density at radius 1 is 0.667 bits per heavy atom. The minimum atomic E-state index is 0.672. The van der Waals surface area contributed by atoms with Crippen LogP contribution in [-0.2, 0) is 14.3 Å². The third kappa shape index (κ3) is 13.3. The van der Waals surface area contributed by atoms with Gasteiger partial charge in [0.2, 0.25) is 0 Å². The van der Waals surface area contributed by atoms with Crippen LogP contribution in [0.4, 0.5) is 0 Å². The van der Waals surface area contributed by atoms with E-state index in [9.17, 15) is 9.59 Å². The van der Waals surface area contributed by atoms with Gasteiger partial charge >= 0.3 is 0 Å². The lowest BCUT2D eigenvalue weighted by Gasteiger charge is -2.02. The van der Waals surface area contributed by atoms with Crippen molar-refractivity contribution >= 4 is 12.6 Å². The summed E-state index contributed by atoms with van der Waals surface area (Å²) >= 11 is 0. The maximum Gasteiger partial charge on any atom is 0.119 e. The highest BCUT2D eigenvalue weighted by molar-refractivity contribution is 5.49. The predicted octanol–water partition coefficient (Wildman–Crippen LogP) is 2.52. The molecule has 0 aromatic carbocycles. The van der Waals surface area contributed by atoms with Gasteiger partial charge in [0.15, 0.2) is 0 Å². The molecule has 0 heterocycles. The molecule has 0 aromatic rings. The Labute approximate surface area is 92.2 Å². The van der Waals surface area contributed by atoms with E-state index in [1.54, 1.807) is 0 Å². The second kappa shape index (κ2) is 13.3. The van der Waals surface area contributed by atoms with Gasteiger partial charge < -0.3 is 14.3 Å². The van der Waals surface area contributed by atoms with Crippen LogP contribution >= 0.6 is 0 Å². The fourth-order valence-electron chi connectivity index (χ4n) is 1.32. The van der Waals surface area contributed by atoms with Crippen molar-refractivity contribution in [1.82, 2.24) is 0 Å². The molecule has 3 nitrogen and oxygen atoms in total. The molecular weight excluding hydrogens is 192 g/mol. The minimum absolute atomic E-state index is 0.672. The first-order valence-corrected chi connectivity index (χ1v) is 5.87. The maximum atomic E-state index is 10.0. The molecule has 15 heavy (non-hydrogen) atoms. The van der Waals surface area contributed by atoms with Crippen LogP contribution < -0.4 is 0 Å². The molecule has 0 atom stereocenters. The van der Waals surface area contributed by atoms with E-state index in [0.29, 0.717) is 12.8 Å². The van der Waals surface area contributed by atoms with Crippen LogP contribution in [-0.4, -0.2) is 25.8 Å². The van der Waals surface area contributed by atoms with Gasteiger partial charge in [0.25, 0.3) is 0 Å². The zero-order valence-electron chi connectivity index (χ0n) is 9.45. The van der Waals surface area contributed by atoms with E-state index in [0.717, 1.165) is 64.3 Å². The van der Waals surface area contributed by atoms with Crippen molar-refractivity contribution in [3.63, 3.8) is 0 Å². The second-order valence-electron chi connectivity index (χ2n) is 3.64. The molecule has 0 N–H and O–H groups in total. The summed E-state index contributed by atoms with van der Waals surface area (Å²) in [7, 11) is 0. The van der Waals surface area contributed by atoms with Gasteiger partial charge in [-0.3, -0.25) is 0 Å².